The second-order valence-electron chi connectivity index (χ2n) is 9.49. The monoisotopic (exact) mass is 490 g/mol. The number of nitrogens with zero attached hydrogens (tertiary/aromatic N) is 2. The largest absolute Gasteiger partial charge is 0.494 e. The normalized spacial score (nSPS) is 14.0. The van der Waals surface area contributed by atoms with Gasteiger partial charge in [-0.1, -0.05) is 24.6 Å². The van der Waals surface area contributed by atoms with Gasteiger partial charge in [0.25, 0.3) is 5.91 Å². The van der Waals surface area contributed by atoms with Gasteiger partial charge in [-0.15, -0.1) is 0 Å². The first-order chi connectivity index (χ1) is 17.6. The lowest BCUT2D eigenvalue weighted by atomic mass is 10.1. The van der Waals surface area contributed by atoms with Crippen molar-refractivity contribution in [2.24, 2.45) is 0 Å². The number of carbonyl (C=O) groups is 1. The molecule has 0 spiro atoms. The van der Waals surface area contributed by atoms with Gasteiger partial charge >= 0.3 is 0 Å². The van der Waals surface area contributed by atoms with Gasteiger partial charge in [0.15, 0.2) is 11.5 Å². The van der Waals surface area contributed by atoms with Crippen LogP contribution in [0.1, 0.15) is 41.6 Å². The van der Waals surface area contributed by atoms with Gasteiger partial charge in [-0.3, -0.25) is 4.79 Å². The molecule has 0 saturated carbocycles. The number of piperidine rings is 1. The number of rotatable bonds is 11. The van der Waals surface area contributed by atoms with Crippen LogP contribution in [0.5, 0.6) is 17.2 Å². The van der Waals surface area contributed by atoms with Crippen molar-refractivity contribution < 1.29 is 19.0 Å². The Morgan fingerprint density at radius 2 is 1.64 bits per heavy atom. The first-order valence-electron chi connectivity index (χ1n) is 12.9. The summed E-state index contributed by atoms with van der Waals surface area (Å²) in [5.41, 5.74) is 1.78. The fraction of sp³-hybridized carbons (Fsp3) is 0.433. The number of hydrogen-bond acceptors (Lipinski definition) is 5. The summed E-state index contributed by atoms with van der Waals surface area (Å²) in [5.74, 6) is 2.29. The van der Waals surface area contributed by atoms with Gasteiger partial charge in [0, 0.05) is 25.7 Å². The van der Waals surface area contributed by atoms with E-state index in [1.165, 1.54) is 32.4 Å². The molecule has 4 rings (SSSR count). The summed E-state index contributed by atoms with van der Waals surface area (Å²) in [7, 11) is 5.09. The minimum atomic E-state index is 0.00964. The van der Waals surface area contributed by atoms with Gasteiger partial charge in [-0.25, -0.2) is 0 Å². The molecule has 6 heteroatoms. The maximum atomic E-state index is 13.1. The van der Waals surface area contributed by atoms with Crippen molar-refractivity contribution in [1.29, 1.82) is 0 Å². The van der Waals surface area contributed by atoms with E-state index < -0.39 is 0 Å². The number of likely N-dealkylation sites (N-methyl/N-ethyl adjacent to an activating group) is 1. The van der Waals surface area contributed by atoms with E-state index in [0.717, 1.165) is 48.1 Å². The molecule has 1 aliphatic rings. The van der Waals surface area contributed by atoms with E-state index >= 15 is 0 Å². The zero-order chi connectivity index (χ0) is 25.3. The molecule has 0 aromatic heterocycles. The van der Waals surface area contributed by atoms with Crippen LogP contribution in [0.25, 0.3) is 10.8 Å². The van der Waals surface area contributed by atoms with Crippen molar-refractivity contribution >= 4 is 16.7 Å². The van der Waals surface area contributed by atoms with Crippen LogP contribution in [0.15, 0.2) is 54.6 Å². The molecular formula is C30H38N2O4. The Balaban J connectivity index is 1.30. The summed E-state index contributed by atoms with van der Waals surface area (Å²) in [5, 5.41) is 2.11. The third-order valence-electron chi connectivity index (χ3n) is 6.93. The fourth-order valence-corrected chi connectivity index (χ4v) is 4.76. The van der Waals surface area contributed by atoms with Crippen LogP contribution in [0.4, 0.5) is 0 Å². The molecule has 0 aliphatic carbocycles. The van der Waals surface area contributed by atoms with Crippen molar-refractivity contribution in [2.75, 3.05) is 54.1 Å². The van der Waals surface area contributed by atoms with Crippen molar-refractivity contribution in [2.45, 2.75) is 32.1 Å². The maximum Gasteiger partial charge on any atom is 0.253 e. The third kappa shape index (κ3) is 6.70. The lowest BCUT2D eigenvalue weighted by Gasteiger charge is -2.26. The molecule has 1 saturated heterocycles. The highest BCUT2D eigenvalue weighted by Crippen LogP contribution is 2.28. The molecular weight excluding hydrogens is 452 g/mol. The van der Waals surface area contributed by atoms with E-state index in [2.05, 4.69) is 11.0 Å². The van der Waals surface area contributed by atoms with Gasteiger partial charge in [-0.05, 0) is 91.5 Å². The van der Waals surface area contributed by atoms with E-state index in [1.807, 2.05) is 55.6 Å². The highest BCUT2D eigenvalue weighted by Gasteiger charge is 2.14. The Kier molecular flexibility index (Phi) is 9.06. The Labute approximate surface area is 214 Å². The molecule has 1 fully saturated rings. The molecule has 3 aromatic rings. The molecule has 0 unspecified atom stereocenters. The van der Waals surface area contributed by atoms with Gasteiger partial charge in [0.1, 0.15) is 5.75 Å². The predicted molar refractivity (Wildman–Crippen MR) is 145 cm³/mol. The van der Waals surface area contributed by atoms with Gasteiger partial charge in [0.05, 0.1) is 20.8 Å². The molecule has 0 N–H and O–H groups in total. The predicted octanol–water partition coefficient (Wildman–Crippen LogP) is 5.43. The van der Waals surface area contributed by atoms with Crippen LogP contribution in [-0.2, 0) is 6.42 Å². The van der Waals surface area contributed by atoms with Gasteiger partial charge in [-0.2, -0.15) is 0 Å². The summed E-state index contributed by atoms with van der Waals surface area (Å²) in [4.78, 5) is 17.4. The Hall–Kier alpha value is -3.25. The zero-order valence-corrected chi connectivity index (χ0v) is 21.8. The van der Waals surface area contributed by atoms with E-state index in [4.69, 9.17) is 14.2 Å². The van der Waals surface area contributed by atoms with Crippen LogP contribution in [0.3, 0.4) is 0 Å². The second kappa shape index (κ2) is 12.6. The maximum absolute atomic E-state index is 13.1. The number of methoxy groups -OCH3 is 2. The summed E-state index contributed by atoms with van der Waals surface area (Å²) in [6.07, 6.45) is 5.79. The van der Waals surface area contributed by atoms with E-state index in [-0.39, 0.29) is 5.91 Å². The lowest BCUT2D eigenvalue weighted by Crippen LogP contribution is -2.31. The second-order valence-corrected chi connectivity index (χ2v) is 9.49. The number of amides is 1. The molecule has 1 aliphatic heterocycles. The average Bonchev–Trinajstić information content (AvgIpc) is 2.93. The molecule has 0 bridgehead atoms. The first-order valence-corrected chi connectivity index (χ1v) is 12.9. The summed E-state index contributed by atoms with van der Waals surface area (Å²) in [6.45, 7) is 4.89. The Bertz CT molecular complexity index is 1160. The number of benzene rings is 3. The summed E-state index contributed by atoms with van der Waals surface area (Å²) >= 11 is 0. The van der Waals surface area contributed by atoms with E-state index in [1.54, 1.807) is 19.1 Å². The zero-order valence-electron chi connectivity index (χ0n) is 21.8. The molecule has 3 aromatic carbocycles. The molecule has 6 nitrogen and oxygen atoms in total. The lowest BCUT2D eigenvalue weighted by molar-refractivity contribution is 0.0797. The Morgan fingerprint density at radius 1 is 0.889 bits per heavy atom. The van der Waals surface area contributed by atoms with Crippen molar-refractivity contribution in [3.05, 3.63) is 65.7 Å². The SMILES string of the molecule is COc1ccc(CCN(C)C(=O)c2ccc3cc(OCCCN4CCCCC4)ccc3c2)cc1OC. The third-order valence-corrected chi connectivity index (χ3v) is 6.93. The quantitative estimate of drug-likeness (QED) is 0.336. The number of fused-ring (bicyclic) bond motifs is 1. The highest BCUT2D eigenvalue weighted by molar-refractivity contribution is 5.98. The molecule has 192 valence electrons. The number of likely N-dealkylation sites (tertiary alicyclic amines) is 1. The van der Waals surface area contributed by atoms with Gasteiger partial charge < -0.3 is 24.0 Å². The topological polar surface area (TPSA) is 51.2 Å². The Morgan fingerprint density at radius 3 is 2.42 bits per heavy atom. The molecule has 1 heterocycles. The van der Waals surface area contributed by atoms with Crippen molar-refractivity contribution in [1.82, 2.24) is 9.80 Å². The molecule has 36 heavy (non-hydrogen) atoms. The minimum Gasteiger partial charge on any atom is -0.494 e. The van der Waals surface area contributed by atoms with Crippen LogP contribution in [-0.4, -0.2) is 69.8 Å². The average molecular weight is 491 g/mol. The molecule has 1 amide bonds. The minimum absolute atomic E-state index is 0.00964. The van der Waals surface area contributed by atoms with Crippen molar-refractivity contribution in [3.8, 4) is 17.2 Å². The van der Waals surface area contributed by atoms with E-state index in [9.17, 15) is 4.79 Å². The number of carbonyl (C=O) groups excluding carboxylic acids is 1. The van der Waals surface area contributed by atoms with Crippen LogP contribution >= 0.6 is 0 Å². The van der Waals surface area contributed by atoms with Crippen LogP contribution in [0, 0.1) is 0 Å². The number of ether oxygens (including phenoxy) is 3. The smallest absolute Gasteiger partial charge is 0.253 e. The highest BCUT2D eigenvalue weighted by atomic mass is 16.5. The van der Waals surface area contributed by atoms with Crippen LogP contribution in [0.2, 0.25) is 0 Å². The van der Waals surface area contributed by atoms with Gasteiger partial charge in [0.2, 0.25) is 0 Å². The first kappa shape index (κ1) is 25.8. The van der Waals surface area contributed by atoms with E-state index in [0.29, 0.717) is 23.6 Å². The van der Waals surface area contributed by atoms with Crippen molar-refractivity contribution in [3.63, 3.8) is 0 Å². The summed E-state index contributed by atoms with van der Waals surface area (Å²) in [6, 6.07) is 17.8. The number of hydrogen-bond donors (Lipinski definition) is 0. The molecule has 0 atom stereocenters. The summed E-state index contributed by atoms with van der Waals surface area (Å²) < 4.78 is 16.7. The standard InChI is InChI=1S/C30H38N2O4/c1-31(18-14-23-8-13-28(34-2)29(20-23)35-3)30(33)26-10-9-25-22-27(12-11-24(25)21-26)36-19-7-17-32-15-5-4-6-16-32/h8-13,20-22H,4-7,14-19H2,1-3H3. The fourth-order valence-electron chi connectivity index (χ4n) is 4.76. The van der Waals surface area contributed by atoms with Crippen LogP contribution < -0.4 is 14.2 Å². The molecule has 0 radical (unpaired) electrons.